The number of anilines is 1. The summed E-state index contributed by atoms with van der Waals surface area (Å²) in [4.78, 5) is 23.4. The van der Waals surface area contributed by atoms with Gasteiger partial charge in [-0.3, -0.25) is 9.69 Å². The van der Waals surface area contributed by atoms with Crippen molar-refractivity contribution in [3.63, 3.8) is 0 Å². The minimum absolute atomic E-state index is 0.0408. The van der Waals surface area contributed by atoms with Crippen LogP contribution in [0.15, 0.2) is 39.7 Å². The summed E-state index contributed by atoms with van der Waals surface area (Å²) in [7, 11) is 0. The van der Waals surface area contributed by atoms with Gasteiger partial charge in [0.2, 0.25) is 11.8 Å². The van der Waals surface area contributed by atoms with Gasteiger partial charge in [0, 0.05) is 23.2 Å². The Hall–Kier alpha value is -2.58. The number of aromatic nitrogens is 3. The van der Waals surface area contributed by atoms with E-state index in [1.165, 1.54) is 0 Å². The van der Waals surface area contributed by atoms with Crippen LogP contribution in [0.1, 0.15) is 24.6 Å². The summed E-state index contributed by atoms with van der Waals surface area (Å²) in [5.74, 6) is 1.26. The number of nitrogens with one attached hydrogen (secondary N) is 1. The normalized spacial score (nSPS) is 17.7. The van der Waals surface area contributed by atoms with Gasteiger partial charge in [-0.2, -0.15) is 4.98 Å². The lowest BCUT2D eigenvalue weighted by molar-refractivity contribution is -0.121. The number of piperidine rings is 1. The summed E-state index contributed by atoms with van der Waals surface area (Å²) < 4.78 is 5.19. The molecule has 4 rings (SSSR count). The Bertz CT molecular complexity index is 891. The average Bonchev–Trinajstić information content (AvgIpc) is 3.35. The van der Waals surface area contributed by atoms with Crippen LogP contribution in [0.2, 0.25) is 0 Å². The number of rotatable bonds is 5. The van der Waals surface area contributed by atoms with Crippen molar-refractivity contribution in [1.82, 2.24) is 20.0 Å². The molecule has 1 aromatic carbocycles. The van der Waals surface area contributed by atoms with E-state index in [-0.39, 0.29) is 11.8 Å². The fourth-order valence-electron chi connectivity index (χ4n) is 3.33. The topological polar surface area (TPSA) is 84.2 Å². The summed E-state index contributed by atoms with van der Waals surface area (Å²) in [5, 5.41) is 8.87. The highest BCUT2D eigenvalue weighted by Crippen LogP contribution is 2.23. The minimum Gasteiger partial charge on any atom is -0.338 e. The molecular formula is C19H21N5O2S. The number of carbonyl (C=O) groups excluding carboxylic acids is 1. The summed E-state index contributed by atoms with van der Waals surface area (Å²) in [6.07, 6.45) is 1.87. The molecule has 0 spiro atoms. The quantitative estimate of drug-likeness (QED) is 0.727. The average molecular weight is 383 g/mol. The highest BCUT2D eigenvalue weighted by molar-refractivity contribution is 7.07. The predicted molar refractivity (Wildman–Crippen MR) is 103 cm³/mol. The number of hydrogen-bond donors (Lipinski definition) is 1. The Kier molecular flexibility index (Phi) is 5.26. The number of likely N-dealkylation sites (tertiary alicyclic amines) is 1. The van der Waals surface area contributed by atoms with E-state index in [1.807, 2.05) is 35.2 Å². The lowest BCUT2D eigenvalue weighted by atomic mass is 9.97. The van der Waals surface area contributed by atoms with Crippen LogP contribution in [0, 0.1) is 12.8 Å². The molecule has 1 amide bonds. The molecule has 140 valence electrons. The second kappa shape index (κ2) is 7.98. The maximum atomic E-state index is 12.7. The van der Waals surface area contributed by atoms with Crippen LogP contribution in [0.4, 0.5) is 5.69 Å². The molecule has 8 heteroatoms. The molecule has 3 heterocycles. The Balaban J connectivity index is 1.34. The van der Waals surface area contributed by atoms with E-state index < -0.39 is 0 Å². The van der Waals surface area contributed by atoms with Gasteiger partial charge in [0.25, 0.3) is 0 Å². The van der Waals surface area contributed by atoms with E-state index in [0.717, 1.165) is 36.3 Å². The predicted octanol–water partition coefficient (Wildman–Crippen LogP) is 3.35. The van der Waals surface area contributed by atoms with Crippen LogP contribution in [-0.4, -0.2) is 39.0 Å². The second-order valence-corrected chi connectivity index (χ2v) is 7.47. The lowest BCUT2D eigenvalue weighted by Gasteiger charge is -2.30. The maximum absolute atomic E-state index is 12.7. The molecule has 1 atom stereocenters. The summed E-state index contributed by atoms with van der Waals surface area (Å²) in [5.41, 5.74) is 4.63. The van der Waals surface area contributed by atoms with Gasteiger partial charge < -0.3 is 9.84 Å². The van der Waals surface area contributed by atoms with Crippen molar-refractivity contribution < 1.29 is 9.32 Å². The highest BCUT2D eigenvalue weighted by Gasteiger charge is 2.26. The third kappa shape index (κ3) is 4.40. The van der Waals surface area contributed by atoms with Gasteiger partial charge in [-0.05, 0) is 38.4 Å². The van der Waals surface area contributed by atoms with Gasteiger partial charge in [-0.15, -0.1) is 11.3 Å². The third-order valence-corrected chi connectivity index (χ3v) is 5.27. The molecule has 1 aliphatic rings. The van der Waals surface area contributed by atoms with Crippen LogP contribution in [0.3, 0.4) is 0 Å². The van der Waals surface area contributed by atoms with Crippen molar-refractivity contribution in [2.45, 2.75) is 26.3 Å². The van der Waals surface area contributed by atoms with Crippen molar-refractivity contribution in [2.24, 2.45) is 5.92 Å². The summed E-state index contributed by atoms with van der Waals surface area (Å²) in [6, 6.07) is 7.81. The first-order chi connectivity index (χ1) is 13.2. The van der Waals surface area contributed by atoms with E-state index in [4.69, 9.17) is 4.52 Å². The molecule has 3 aromatic rings. The lowest BCUT2D eigenvalue weighted by Crippen LogP contribution is -2.40. The number of amides is 1. The molecule has 27 heavy (non-hydrogen) atoms. The van der Waals surface area contributed by atoms with E-state index >= 15 is 0 Å². The molecule has 1 aliphatic heterocycles. The van der Waals surface area contributed by atoms with Gasteiger partial charge in [0.05, 0.1) is 23.7 Å². The van der Waals surface area contributed by atoms with Crippen molar-refractivity contribution >= 4 is 22.9 Å². The van der Waals surface area contributed by atoms with E-state index in [9.17, 15) is 4.79 Å². The van der Waals surface area contributed by atoms with Crippen LogP contribution < -0.4 is 5.32 Å². The molecule has 1 saturated heterocycles. The molecule has 0 bridgehead atoms. The number of carbonyl (C=O) groups is 1. The van der Waals surface area contributed by atoms with E-state index in [2.05, 4.69) is 25.3 Å². The number of hydrogen-bond acceptors (Lipinski definition) is 7. The standard InChI is InChI=1S/C19H21N5O2S/c1-13-21-18(26-23-13)10-24-8-2-3-15(9-24)19(25)22-16-6-4-14(5-7-16)17-11-27-12-20-17/h4-7,11-12,15H,2-3,8-10H2,1H3,(H,22,25). The van der Waals surface area contributed by atoms with Gasteiger partial charge >= 0.3 is 0 Å². The van der Waals surface area contributed by atoms with E-state index in [0.29, 0.717) is 24.8 Å². The van der Waals surface area contributed by atoms with E-state index in [1.54, 1.807) is 18.3 Å². The van der Waals surface area contributed by atoms with Gasteiger partial charge in [0.15, 0.2) is 5.82 Å². The molecule has 1 fully saturated rings. The van der Waals surface area contributed by atoms with Gasteiger partial charge in [0.1, 0.15) is 0 Å². The highest BCUT2D eigenvalue weighted by atomic mass is 32.1. The Morgan fingerprint density at radius 3 is 2.93 bits per heavy atom. The second-order valence-electron chi connectivity index (χ2n) is 6.75. The van der Waals surface area contributed by atoms with Crippen molar-refractivity contribution in [2.75, 3.05) is 18.4 Å². The monoisotopic (exact) mass is 383 g/mol. The van der Waals surface area contributed by atoms with Crippen LogP contribution in [0.5, 0.6) is 0 Å². The number of nitrogens with zero attached hydrogens (tertiary/aromatic N) is 4. The fourth-order valence-corrected chi connectivity index (χ4v) is 3.89. The molecule has 0 saturated carbocycles. The summed E-state index contributed by atoms with van der Waals surface area (Å²) in [6.45, 7) is 4.03. The van der Waals surface area contributed by atoms with Crippen molar-refractivity contribution in [3.05, 3.63) is 46.9 Å². The number of benzene rings is 1. The van der Waals surface area contributed by atoms with Crippen molar-refractivity contribution in [1.29, 1.82) is 0 Å². The SMILES string of the molecule is Cc1noc(CN2CCCC(C(=O)Nc3ccc(-c4cscn4)cc3)C2)n1. The fraction of sp³-hybridized carbons (Fsp3) is 0.368. The first kappa shape index (κ1) is 17.8. The third-order valence-electron chi connectivity index (χ3n) is 4.69. The maximum Gasteiger partial charge on any atom is 0.240 e. The first-order valence-corrected chi connectivity index (χ1v) is 9.93. The van der Waals surface area contributed by atoms with Crippen molar-refractivity contribution in [3.8, 4) is 11.3 Å². The van der Waals surface area contributed by atoms with Gasteiger partial charge in [-0.1, -0.05) is 17.3 Å². The number of thiazole rings is 1. The van der Waals surface area contributed by atoms with Gasteiger partial charge in [-0.25, -0.2) is 4.98 Å². The van der Waals surface area contributed by atoms with Crippen LogP contribution in [-0.2, 0) is 11.3 Å². The van der Waals surface area contributed by atoms with Crippen LogP contribution >= 0.6 is 11.3 Å². The zero-order valence-corrected chi connectivity index (χ0v) is 15.9. The Morgan fingerprint density at radius 1 is 1.37 bits per heavy atom. The molecule has 2 aromatic heterocycles. The molecule has 7 nitrogen and oxygen atoms in total. The molecule has 1 N–H and O–H groups in total. The smallest absolute Gasteiger partial charge is 0.240 e. The molecular weight excluding hydrogens is 362 g/mol. The summed E-state index contributed by atoms with van der Waals surface area (Å²) >= 11 is 1.57. The molecule has 0 aliphatic carbocycles. The largest absolute Gasteiger partial charge is 0.338 e. The zero-order chi connectivity index (χ0) is 18.6. The van der Waals surface area contributed by atoms with Crippen LogP contribution in [0.25, 0.3) is 11.3 Å². The number of aryl methyl sites for hydroxylation is 1. The zero-order valence-electron chi connectivity index (χ0n) is 15.1. The minimum atomic E-state index is -0.0408. The molecule has 1 unspecified atom stereocenters. The Morgan fingerprint density at radius 2 is 2.22 bits per heavy atom. The Labute approximate surface area is 161 Å². The first-order valence-electron chi connectivity index (χ1n) is 8.98. The molecule has 0 radical (unpaired) electrons.